The highest BCUT2D eigenvalue weighted by Gasteiger charge is 2.29. The van der Waals surface area contributed by atoms with Gasteiger partial charge in [-0.2, -0.15) is 0 Å². The molecule has 1 aromatic carbocycles. The van der Waals surface area contributed by atoms with Crippen molar-refractivity contribution in [3.8, 4) is 0 Å². The molecule has 0 radical (unpaired) electrons. The lowest BCUT2D eigenvalue weighted by molar-refractivity contribution is -0.126. The summed E-state index contributed by atoms with van der Waals surface area (Å²) in [7, 11) is -3.15. The first kappa shape index (κ1) is 17.9. The Hall–Kier alpha value is -1.40. The minimum atomic E-state index is -3.15. The molecule has 23 heavy (non-hydrogen) atoms. The summed E-state index contributed by atoms with van der Waals surface area (Å²) in [6.45, 7) is 4.97. The van der Waals surface area contributed by atoms with Crippen molar-refractivity contribution in [2.45, 2.75) is 39.2 Å². The lowest BCUT2D eigenvalue weighted by Gasteiger charge is -2.30. The number of amides is 1. The number of rotatable bonds is 5. The van der Waals surface area contributed by atoms with E-state index in [2.05, 4.69) is 31.3 Å². The Kier molecular flexibility index (Phi) is 5.81. The smallest absolute Gasteiger partial charge is 0.223 e. The van der Waals surface area contributed by atoms with Crippen molar-refractivity contribution in [3.05, 3.63) is 35.4 Å². The van der Waals surface area contributed by atoms with Gasteiger partial charge in [-0.15, -0.1) is 0 Å². The Morgan fingerprint density at radius 3 is 2.43 bits per heavy atom. The maximum Gasteiger partial charge on any atom is 0.223 e. The van der Waals surface area contributed by atoms with Gasteiger partial charge in [0.1, 0.15) is 0 Å². The second kappa shape index (κ2) is 7.45. The molecule has 1 N–H and O–H groups in total. The molecular weight excluding hydrogens is 312 g/mol. The number of aryl methyl sites for hydroxylation is 1. The van der Waals surface area contributed by atoms with Crippen LogP contribution in [0.15, 0.2) is 24.3 Å². The third kappa shape index (κ3) is 4.54. The molecule has 1 unspecified atom stereocenters. The molecule has 0 aliphatic carbocycles. The monoisotopic (exact) mass is 338 g/mol. The first-order valence-corrected chi connectivity index (χ1v) is 9.98. The predicted octanol–water partition coefficient (Wildman–Crippen LogP) is 2.23. The molecule has 0 saturated carbocycles. The molecule has 0 bridgehead atoms. The minimum absolute atomic E-state index is 0.0108. The summed E-state index contributed by atoms with van der Waals surface area (Å²) in [4.78, 5) is 12.5. The zero-order valence-electron chi connectivity index (χ0n) is 14.1. The van der Waals surface area contributed by atoms with Crippen LogP contribution in [0.4, 0.5) is 0 Å². The molecule has 1 aliphatic heterocycles. The zero-order chi connectivity index (χ0) is 17.0. The first-order valence-electron chi connectivity index (χ1n) is 8.14. The minimum Gasteiger partial charge on any atom is -0.349 e. The van der Waals surface area contributed by atoms with Gasteiger partial charge in [-0.1, -0.05) is 31.2 Å². The van der Waals surface area contributed by atoms with Crippen LogP contribution < -0.4 is 5.32 Å². The van der Waals surface area contributed by atoms with Gasteiger partial charge in [-0.25, -0.2) is 12.7 Å². The summed E-state index contributed by atoms with van der Waals surface area (Å²) in [5.41, 5.74) is 2.32. The molecule has 2 rings (SSSR count). The van der Waals surface area contributed by atoms with Crippen LogP contribution in [0.1, 0.15) is 43.4 Å². The Morgan fingerprint density at radius 1 is 1.30 bits per heavy atom. The summed E-state index contributed by atoms with van der Waals surface area (Å²) in [6.07, 6.45) is 3.23. The van der Waals surface area contributed by atoms with E-state index in [1.807, 2.05) is 12.1 Å². The number of hydrogen-bond donors (Lipinski definition) is 1. The van der Waals surface area contributed by atoms with E-state index in [9.17, 15) is 13.2 Å². The summed E-state index contributed by atoms with van der Waals surface area (Å²) in [5.74, 6) is -0.0701. The van der Waals surface area contributed by atoms with Crippen molar-refractivity contribution in [1.82, 2.24) is 9.62 Å². The van der Waals surface area contributed by atoms with E-state index in [0.29, 0.717) is 25.9 Å². The van der Waals surface area contributed by atoms with Gasteiger partial charge in [0.2, 0.25) is 15.9 Å². The van der Waals surface area contributed by atoms with Crippen LogP contribution in [0, 0.1) is 12.8 Å². The average molecular weight is 338 g/mol. The van der Waals surface area contributed by atoms with E-state index in [1.165, 1.54) is 16.1 Å². The van der Waals surface area contributed by atoms with E-state index >= 15 is 0 Å². The van der Waals surface area contributed by atoms with Gasteiger partial charge >= 0.3 is 0 Å². The summed E-state index contributed by atoms with van der Waals surface area (Å²) in [6, 6.07) is 8.09. The van der Waals surface area contributed by atoms with Gasteiger partial charge in [0.25, 0.3) is 0 Å². The Balaban J connectivity index is 1.98. The molecule has 1 heterocycles. The molecule has 6 heteroatoms. The van der Waals surface area contributed by atoms with E-state index in [0.717, 1.165) is 12.0 Å². The number of nitrogens with one attached hydrogen (secondary N) is 1. The average Bonchev–Trinajstić information content (AvgIpc) is 2.52. The number of carbonyl (C=O) groups is 1. The second-order valence-electron chi connectivity index (χ2n) is 6.26. The van der Waals surface area contributed by atoms with Crippen molar-refractivity contribution < 1.29 is 13.2 Å². The second-order valence-corrected chi connectivity index (χ2v) is 8.24. The van der Waals surface area contributed by atoms with E-state index in [4.69, 9.17) is 0 Å². The van der Waals surface area contributed by atoms with Crippen molar-refractivity contribution >= 4 is 15.9 Å². The lowest BCUT2D eigenvalue weighted by Crippen LogP contribution is -2.43. The van der Waals surface area contributed by atoms with Gasteiger partial charge < -0.3 is 5.32 Å². The normalized spacial score (nSPS) is 18.6. The van der Waals surface area contributed by atoms with Crippen molar-refractivity contribution in [2.75, 3.05) is 19.3 Å². The SMILES string of the molecule is CCC(NC(=O)C1CCN(S(C)(=O)=O)CC1)c1ccccc1C. The van der Waals surface area contributed by atoms with Crippen LogP contribution >= 0.6 is 0 Å². The van der Waals surface area contributed by atoms with Crippen molar-refractivity contribution in [1.29, 1.82) is 0 Å². The van der Waals surface area contributed by atoms with E-state index < -0.39 is 10.0 Å². The molecule has 1 aliphatic rings. The number of hydrogen-bond acceptors (Lipinski definition) is 3. The predicted molar refractivity (Wildman–Crippen MR) is 91.5 cm³/mol. The number of nitrogens with zero attached hydrogens (tertiary/aromatic N) is 1. The fourth-order valence-electron chi connectivity index (χ4n) is 3.12. The van der Waals surface area contributed by atoms with Crippen LogP contribution in [0.2, 0.25) is 0 Å². The maximum absolute atomic E-state index is 12.5. The quantitative estimate of drug-likeness (QED) is 0.895. The molecule has 1 saturated heterocycles. The van der Waals surface area contributed by atoms with Gasteiger partial charge in [-0.05, 0) is 37.3 Å². The van der Waals surface area contributed by atoms with Crippen LogP contribution in [-0.2, 0) is 14.8 Å². The van der Waals surface area contributed by atoms with Crippen LogP contribution in [0.25, 0.3) is 0 Å². The molecule has 1 atom stereocenters. The maximum atomic E-state index is 12.5. The van der Waals surface area contributed by atoms with Crippen molar-refractivity contribution in [2.24, 2.45) is 5.92 Å². The van der Waals surface area contributed by atoms with E-state index in [-0.39, 0.29) is 17.9 Å². The van der Waals surface area contributed by atoms with Gasteiger partial charge in [0, 0.05) is 19.0 Å². The molecule has 5 nitrogen and oxygen atoms in total. The standard InChI is InChI=1S/C17H26N2O3S/c1-4-16(15-8-6-5-7-13(15)2)18-17(20)14-9-11-19(12-10-14)23(3,21)22/h5-8,14,16H,4,9-12H2,1-3H3,(H,18,20). The molecule has 0 spiro atoms. The fraction of sp³-hybridized carbons (Fsp3) is 0.588. The fourth-order valence-corrected chi connectivity index (χ4v) is 3.99. The van der Waals surface area contributed by atoms with Crippen LogP contribution in [-0.4, -0.2) is 38.0 Å². The molecule has 128 valence electrons. The number of piperidine rings is 1. The highest BCUT2D eigenvalue weighted by molar-refractivity contribution is 7.88. The summed E-state index contributed by atoms with van der Waals surface area (Å²) >= 11 is 0. The third-order valence-corrected chi connectivity index (χ3v) is 5.89. The third-order valence-electron chi connectivity index (χ3n) is 4.58. The molecular formula is C17H26N2O3S. The topological polar surface area (TPSA) is 66.5 Å². The Labute approximate surface area is 139 Å². The molecule has 1 amide bonds. The van der Waals surface area contributed by atoms with Gasteiger partial charge in [0.05, 0.1) is 12.3 Å². The molecule has 0 aromatic heterocycles. The summed E-state index contributed by atoms with van der Waals surface area (Å²) in [5, 5.41) is 3.14. The Bertz CT molecular complexity index is 650. The number of sulfonamides is 1. The van der Waals surface area contributed by atoms with Gasteiger partial charge in [-0.3, -0.25) is 4.79 Å². The summed E-state index contributed by atoms with van der Waals surface area (Å²) < 4.78 is 24.5. The largest absolute Gasteiger partial charge is 0.349 e. The van der Waals surface area contributed by atoms with E-state index in [1.54, 1.807) is 0 Å². The van der Waals surface area contributed by atoms with Crippen LogP contribution in [0.5, 0.6) is 0 Å². The Morgan fingerprint density at radius 2 is 1.91 bits per heavy atom. The highest BCUT2D eigenvalue weighted by Crippen LogP contribution is 2.24. The highest BCUT2D eigenvalue weighted by atomic mass is 32.2. The first-order chi connectivity index (χ1) is 10.8. The molecule has 1 fully saturated rings. The lowest BCUT2D eigenvalue weighted by atomic mass is 9.94. The number of benzene rings is 1. The molecule has 1 aromatic rings. The van der Waals surface area contributed by atoms with Gasteiger partial charge in [0.15, 0.2) is 0 Å². The van der Waals surface area contributed by atoms with Crippen LogP contribution in [0.3, 0.4) is 0 Å². The number of carbonyl (C=O) groups excluding carboxylic acids is 1. The van der Waals surface area contributed by atoms with Crippen molar-refractivity contribution in [3.63, 3.8) is 0 Å². The zero-order valence-corrected chi connectivity index (χ0v) is 14.9.